The van der Waals surface area contributed by atoms with Crippen LogP contribution in [0.4, 0.5) is 5.82 Å². The molecule has 0 amide bonds. The summed E-state index contributed by atoms with van der Waals surface area (Å²) in [6, 6.07) is 7.71. The van der Waals surface area contributed by atoms with E-state index in [1.807, 2.05) is 24.3 Å². The number of rotatable bonds is 13. The molecule has 2 N–H and O–H groups in total. The second-order valence-electron chi connectivity index (χ2n) is 8.36. The number of carboxylic acids is 1. The van der Waals surface area contributed by atoms with Gasteiger partial charge in [-0.15, -0.1) is 16.9 Å². The Morgan fingerprint density at radius 3 is 2.41 bits per heavy atom. The third-order valence-corrected chi connectivity index (χ3v) is 6.40. The lowest BCUT2D eigenvalue weighted by molar-refractivity contribution is -0.138. The van der Waals surface area contributed by atoms with Crippen LogP contribution >= 0.6 is 11.8 Å². The highest BCUT2D eigenvalue weighted by Crippen LogP contribution is 2.32. The van der Waals surface area contributed by atoms with Crippen LogP contribution in [0.1, 0.15) is 58.4 Å². The lowest BCUT2D eigenvalue weighted by Crippen LogP contribution is -2.42. The molecule has 0 fully saturated rings. The van der Waals surface area contributed by atoms with Gasteiger partial charge in [0.15, 0.2) is 0 Å². The van der Waals surface area contributed by atoms with Gasteiger partial charge in [-0.3, -0.25) is 14.2 Å². The smallest absolute Gasteiger partial charge is 0.347 e. The molecule has 0 spiro atoms. The standard InChI is InChI=1S/C23H34N4O4S/c1-5-6-7-8-9-16-27-20(28)19(25-26(4)22(27)31)24-15-14-17-10-12-18(13-11-17)32-23(2,3)21(29)30/h10-13H,5-9,14-16H2,1-4H3,(H,24,25)(H,29,30). The maximum absolute atomic E-state index is 12.7. The molecule has 0 aliphatic heterocycles. The number of carbonyl (C=O) groups is 1. The largest absolute Gasteiger partial charge is 0.480 e. The normalized spacial score (nSPS) is 11.5. The van der Waals surface area contributed by atoms with Gasteiger partial charge < -0.3 is 10.4 Å². The van der Waals surface area contributed by atoms with Gasteiger partial charge in [0.2, 0.25) is 5.82 Å². The van der Waals surface area contributed by atoms with Crippen LogP contribution in [0.5, 0.6) is 0 Å². The monoisotopic (exact) mass is 462 g/mol. The third-order valence-electron chi connectivity index (χ3n) is 5.21. The van der Waals surface area contributed by atoms with Crippen LogP contribution in [0.15, 0.2) is 38.8 Å². The Labute approximate surface area is 193 Å². The highest BCUT2D eigenvalue weighted by molar-refractivity contribution is 8.01. The average molecular weight is 463 g/mol. The lowest BCUT2D eigenvalue weighted by Gasteiger charge is -2.18. The maximum atomic E-state index is 12.7. The minimum atomic E-state index is -0.895. The molecule has 0 aliphatic rings. The number of hydrogen-bond donors (Lipinski definition) is 2. The van der Waals surface area contributed by atoms with E-state index in [0.717, 1.165) is 42.6 Å². The highest BCUT2D eigenvalue weighted by Gasteiger charge is 2.28. The summed E-state index contributed by atoms with van der Waals surface area (Å²) in [6.07, 6.45) is 5.86. The summed E-state index contributed by atoms with van der Waals surface area (Å²) in [6.45, 7) is 6.39. The number of nitrogens with zero attached hydrogens (tertiary/aromatic N) is 3. The van der Waals surface area contributed by atoms with Crippen LogP contribution in [0, 0.1) is 0 Å². The Morgan fingerprint density at radius 2 is 1.78 bits per heavy atom. The summed E-state index contributed by atoms with van der Waals surface area (Å²) in [7, 11) is 1.55. The summed E-state index contributed by atoms with van der Waals surface area (Å²) in [4.78, 5) is 37.2. The van der Waals surface area contributed by atoms with Crippen LogP contribution in [0.25, 0.3) is 0 Å². The predicted octanol–water partition coefficient (Wildman–Crippen LogP) is 3.52. The molecule has 176 valence electrons. The van der Waals surface area contributed by atoms with Gasteiger partial charge in [0.1, 0.15) is 4.75 Å². The van der Waals surface area contributed by atoms with Crippen LogP contribution in [-0.2, 0) is 24.8 Å². The van der Waals surface area contributed by atoms with Crippen molar-refractivity contribution >= 4 is 23.5 Å². The SMILES string of the molecule is CCCCCCCn1c(=O)c(NCCc2ccc(SC(C)(C)C(=O)O)cc2)nn(C)c1=O. The highest BCUT2D eigenvalue weighted by atomic mass is 32.2. The zero-order valence-electron chi connectivity index (χ0n) is 19.4. The van der Waals surface area contributed by atoms with Crippen LogP contribution < -0.4 is 16.6 Å². The van der Waals surface area contributed by atoms with E-state index in [1.54, 1.807) is 20.9 Å². The Balaban J connectivity index is 1.97. The number of carboxylic acid groups (broad SMARTS) is 1. The van der Waals surface area contributed by atoms with E-state index < -0.39 is 16.4 Å². The number of benzene rings is 1. The van der Waals surface area contributed by atoms with Crippen molar-refractivity contribution in [1.82, 2.24) is 14.3 Å². The summed E-state index contributed by atoms with van der Waals surface area (Å²) >= 11 is 1.30. The molecule has 2 aromatic rings. The average Bonchev–Trinajstić information content (AvgIpc) is 2.74. The number of aryl methyl sites for hydroxylation is 1. The van der Waals surface area contributed by atoms with Gasteiger partial charge in [0, 0.05) is 25.0 Å². The molecule has 1 aromatic carbocycles. The van der Waals surface area contributed by atoms with E-state index in [2.05, 4.69) is 17.3 Å². The molecule has 0 unspecified atom stereocenters. The van der Waals surface area contributed by atoms with Crippen molar-refractivity contribution in [3.63, 3.8) is 0 Å². The molecule has 0 atom stereocenters. The van der Waals surface area contributed by atoms with Crippen LogP contribution in [-0.4, -0.2) is 36.7 Å². The zero-order valence-corrected chi connectivity index (χ0v) is 20.2. The van der Waals surface area contributed by atoms with Crippen LogP contribution in [0.3, 0.4) is 0 Å². The summed E-state index contributed by atoms with van der Waals surface area (Å²) < 4.78 is 1.57. The van der Waals surface area contributed by atoms with Crippen molar-refractivity contribution < 1.29 is 9.90 Å². The van der Waals surface area contributed by atoms with Crippen molar-refractivity contribution in [2.45, 2.75) is 75.5 Å². The van der Waals surface area contributed by atoms with Gasteiger partial charge >= 0.3 is 11.7 Å². The van der Waals surface area contributed by atoms with E-state index in [4.69, 9.17) is 0 Å². The first kappa shape index (κ1) is 25.7. The second kappa shape index (κ2) is 11.9. The quantitative estimate of drug-likeness (QED) is 0.346. The molecule has 0 radical (unpaired) electrons. The van der Waals surface area contributed by atoms with E-state index in [9.17, 15) is 19.5 Å². The number of aliphatic carboxylic acids is 1. The maximum Gasteiger partial charge on any atom is 0.347 e. The summed E-state index contributed by atoms with van der Waals surface area (Å²) in [5, 5.41) is 16.4. The molecule has 0 bridgehead atoms. The Hall–Kier alpha value is -2.55. The number of anilines is 1. The van der Waals surface area contributed by atoms with Crippen molar-refractivity contribution in [3.05, 3.63) is 50.7 Å². The fraction of sp³-hybridized carbons (Fsp3) is 0.565. The molecule has 0 saturated carbocycles. The van der Waals surface area contributed by atoms with E-state index in [1.165, 1.54) is 21.0 Å². The van der Waals surface area contributed by atoms with Gasteiger partial charge in [-0.1, -0.05) is 44.7 Å². The Bertz CT molecular complexity index is 1010. The van der Waals surface area contributed by atoms with Gasteiger partial charge in [0.05, 0.1) is 0 Å². The number of nitrogens with one attached hydrogen (secondary N) is 1. The second-order valence-corrected chi connectivity index (χ2v) is 10.1. The molecular formula is C23H34N4O4S. The van der Waals surface area contributed by atoms with E-state index in [-0.39, 0.29) is 11.4 Å². The topological polar surface area (TPSA) is 106 Å². The van der Waals surface area contributed by atoms with Crippen molar-refractivity contribution in [2.75, 3.05) is 11.9 Å². The fourth-order valence-electron chi connectivity index (χ4n) is 3.19. The first-order valence-corrected chi connectivity index (χ1v) is 11.9. The number of unbranched alkanes of at least 4 members (excludes halogenated alkanes) is 4. The van der Waals surface area contributed by atoms with Crippen molar-refractivity contribution in [1.29, 1.82) is 0 Å². The van der Waals surface area contributed by atoms with Gasteiger partial charge in [-0.25, -0.2) is 9.48 Å². The Kier molecular flexibility index (Phi) is 9.56. The molecule has 0 aliphatic carbocycles. The molecule has 1 heterocycles. The minimum Gasteiger partial charge on any atom is -0.480 e. The third kappa shape index (κ3) is 7.25. The summed E-state index contributed by atoms with van der Waals surface area (Å²) in [5.41, 5.74) is 0.274. The molecule has 8 nitrogen and oxygen atoms in total. The van der Waals surface area contributed by atoms with Gasteiger partial charge in [-0.2, -0.15) is 0 Å². The number of thioether (sulfide) groups is 1. The first-order valence-electron chi connectivity index (χ1n) is 11.1. The molecule has 0 saturated heterocycles. The molecule has 32 heavy (non-hydrogen) atoms. The number of hydrogen-bond acceptors (Lipinski definition) is 6. The molecule has 1 aromatic heterocycles. The molecule has 2 rings (SSSR count). The lowest BCUT2D eigenvalue weighted by atomic mass is 10.1. The van der Waals surface area contributed by atoms with Gasteiger partial charge in [-0.05, 0) is 44.4 Å². The molecule has 9 heteroatoms. The van der Waals surface area contributed by atoms with Crippen LogP contribution in [0.2, 0.25) is 0 Å². The van der Waals surface area contributed by atoms with Crippen molar-refractivity contribution in [2.24, 2.45) is 7.05 Å². The Morgan fingerprint density at radius 1 is 1.12 bits per heavy atom. The zero-order chi connectivity index (χ0) is 23.7. The van der Waals surface area contributed by atoms with E-state index >= 15 is 0 Å². The number of aromatic nitrogens is 3. The summed E-state index contributed by atoms with van der Waals surface area (Å²) in [5.74, 6) is -0.678. The first-order chi connectivity index (χ1) is 15.2. The molecular weight excluding hydrogens is 428 g/mol. The van der Waals surface area contributed by atoms with Gasteiger partial charge in [0.25, 0.3) is 5.56 Å². The van der Waals surface area contributed by atoms with Crippen molar-refractivity contribution in [3.8, 4) is 0 Å². The minimum absolute atomic E-state index is 0.177. The predicted molar refractivity (Wildman–Crippen MR) is 129 cm³/mol. The van der Waals surface area contributed by atoms with E-state index in [0.29, 0.717) is 19.5 Å². The fourth-order valence-corrected chi connectivity index (χ4v) is 4.14.